The molecule has 5 nitrogen and oxygen atoms in total. The highest BCUT2D eigenvalue weighted by molar-refractivity contribution is 9.11. The van der Waals surface area contributed by atoms with Crippen molar-refractivity contribution in [2.75, 3.05) is 0 Å². The number of tetrazole rings is 1. The zero-order valence-electron chi connectivity index (χ0n) is 10.3. The van der Waals surface area contributed by atoms with Gasteiger partial charge in [-0.2, -0.15) is 4.68 Å². The summed E-state index contributed by atoms with van der Waals surface area (Å²) < 4.78 is 4.87. The van der Waals surface area contributed by atoms with Crippen LogP contribution in [-0.4, -0.2) is 25.2 Å². The number of halogens is 1. The quantitative estimate of drug-likeness (QED) is 0.518. The molecular formula is C12H6BrN5S3. The van der Waals surface area contributed by atoms with Crippen LogP contribution in [0.5, 0.6) is 0 Å². The first-order valence-electron chi connectivity index (χ1n) is 5.87. The van der Waals surface area contributed by atoms with E-state index in [2.05, 4.69) is 42.5 Å². The SMILES string of the molecule is Brc1ccc(-n2nnnc2Sc2nc3ccccc3s2)s1. The van der Waals surface area contributed by atoms with Gasteiger partial charge in [0.2, 0.25) is 5.16 Å². The minimum absolute atomic E-state index is 0.711. The molecule has 4 aromatic rings. The Labute approximate surface area is 140 Å². The summed E-state index contributed by atoms with van der Waals surface area (Å²) in [6.45, 7) is 0. The molecule has 0 amide bonds. The van der Waals surface area contributed by atoms with E-state index < -0.39 is 0 Å². The van der Waals surface area contributed by atoms with Gasteiger partial charge in [0.15, 0.2) is 4.34 Å². The van der Waals surface area contributed by atoms with Gasteiger partial charge in [-0.15, -0.1) is 27.8 Å². The van der Waals surface area contributed by atoms with Crippen molar-refractivity contribution in [3.05, 3.63) is 40.2 Å². The minimum atomic E-state index is 0.711. The van der Waals surface area contributed by atoms with Crippen molar-refractivity contribution >= 4 is 60.6 Å². The van der Waals surface area contributed by atoms with Gasteiger partial charge in [0.25, 0.3) is 0 Å². The first-order chi connectivity index (χ1) is 10.3. The zero-order valence-corrected chi connectivity index (χ0v) is 14.3. The number of nitrogens with zero attached hydrogens (tertiary/aromatic N) is 5. The molecule has 4 rings (SSSR count). The van der Waals surface area contributed by atoms with E-state index in [0.29, 0.717) is 5.16 Å². The molecular weight excluding hydrogens is 390 g/mol. The lowest BCUT2D eigenvalue weighted by Gasteiger charge is -1.98. The average molecular weight is 396 g/mol. The first kappa shape index (κ1) is 13.4. The first-order valence-corrected chi connectivity index (χ1v) is 9.11. The number of thiophene rings is 1. The summed E-state index contributed by atoms with van der Waals surface area (Å²) in [7, 11) is 0. The second kappa shape index (κ2) is 5.48. The molecule has 0 spiro atoms. The lowest BCUT2D eigenvalue weighted by Crippen LogP contribution is -1.95. The van der Waals surface area contributed by atoms with Crippen molar-refractivity contribution in [1.82, 2.24) is 25.2 Å². The zero-order chi connectivity index (χ0) is 14.2. The maximum absolute atomic E-state index is 4.59. The van der Waals surface area contributed by atoms with E-state index in [0.717, 1.165) is 23.3 Å². The Morgan fingerprint density at radius 1 is 1.10 bits per heavy atom. The highest BCUT2D eigenvalue weighted by atomic mass is 79.9. The molecule has 0 radical (unpaired) electrons. The molecule has 21 heavy (non-hydrogen) atoms. The van der Waals surface area contributed by atoms with Crippen LogP contribution in [0.1, 0.15) is 0 Å². The standard InChI is InChI=1S/C12H6BrN5S3/c13-9-5-6-10(20-9)18-11(15-16-17-18)21-12-14-7-3-1-2-4-8(7)19-12/h1-6H. The Morgan fingerprint density at radius 2 is 2.00 bits per heavy atom. The van der Waals surface area contributed by atoms with Crippen molar-refractivity contribution in [2.45, 2.75) is 9.50 Å². The molecule has 9 heteroatoms. The molecule has 0 atom stereocenters. The number of aromatic nitrogens is 5. The predicted molar refractivity (Wildman–Crippen MR) is 88.5 cm³/mol. The number of para-hydroxylation sites is 1. The third kappa shape index (κ3) is 2.61. The largest absolute Gasteiger partial charge is 0.229 e. The van der Waals surface area contributed by atoms with Gasteiger partial charge in [-0.25, -0.2) is 4.98 Å². The number of hydrogen-bond acceptors (Lipinski definition) is 7. The van der Waals surface area contributed by atoms with E-state index in [1.807, 2.05) is 30.3 Å². The molecule has 104 valence electrons. The summed E-state index contributed by atoms with van der Waals surface area (Å²) in [5.74, 6) is 0. The number of fused-ring (bicyclic) bond motifs is 1. The molecule has 0 aliphatic carbocycles. The second-order valence-corrected chi connectivity index (χ2v) is 8.69. The second-order valence-electron chi connectivity index (χ2n) is 4.00. The lowest BCUT2D eigenvalue weighted by atomic mass is 10.3. The van der Waals surface area contributed by atoms with Gasteiger partial charge >= 0.3 is 0 Å². The van der Waals surface area contributed by atoms with E-state index >= 15 is 0 Å². The van der Waals surface area contributed by atoms with E-state index in [1.165, 1.54) is 11.8 Å². The summed E-state index contributed by atoms with van der Waals surface area (Å²) in [5.41, 5.74) is 1.00. The lowest BCUT2D eigenvalue weighted by molar-refractivity contribution is 0.768. The van der Waals surface area contributed by atoms with Crippen molar-refractivity contribution < 1.29 is 0 Å². The summed E-state index contributed by atoms with van der Waals surface area (Å²) in [6.07, 6.45) is 0. The van der Waals surface area contributed by atoms with Crippen molar-refractivity contribution in [1.29, 1.82) is 0 Å². The fraction of sp³-hybridized carbons (Fsp3) is 0. The van der Waals surface area contributed by atoms with Crippen LogP contribution in [0.3, 0.4) is 0 Å². The van der Waals surface area contributed by atoms with Gasteiger partial charge in [-0.1, -0.05) is 12.1 Å². The maximum Gasteiger partial charge on any atom is 0.221 e. The maximum atomic E-state index is 4.59. The Kier molecular flexibility index (Phi) is 3.49. The highest BCUT2D eigenvalue weighted by Gasteiger charge is 2.14. The van der Waals surface area contributed by atoms with Crippen LogP contribution >= 0.6 is 50.4 Å². The fourth-order valence-corrected chi connectivity index (χ4v) is 5.10. The Hall–Kier alpha value is -1.29. The van der Waals surface area contributed by atoms with Crippen LogP contribution in [-0.2, 0) is 0 Å². The fourth-order valence-electron chi connectivity index (χ4n) is 1.77. The van der Waals surface area contributed by atoms with Crippen LogP contribution in [0.15, 0.2) is 49.7 Å². The molecule has 0 bridgehead atoms. The van der Waals surface area contributed by atoms with Crippen LogP contribution in [0.4, 0.5) is 0 Å². The third-order valence-electron chi connectivity index (χ3n) is 2.66. The van der Waals surface area contributed by atoms with Gasteiger partial charge in [-0.05, 0) is 62.4 Å². The molecule has 0 aliphatic rings. The molecule has 0 N–H and O–H groups in total. The Balaban J connectivity index is 1.70. The molecule has 0 unspecified atom stereocenters. The van der Waals surface area contributed by atoms with Crippen molar-refractivity contribution in [3.63, 3.8) is 0 Å². The number of benzene rings is 1. The molecule has 0 saturated heterocycles. The van der Waals surface area contributed by atoms with Gasteiger partial charge < -0.3 is 0 Å². The van der Waals surface area contributed by atoms with Gasteiger partial charge in [0, 0.05) is 0 Å². The molecule has 0 fully saturated rings. The van der Waals surface area contributed by atoms with E-state index in [1.54, 1.807) is 27.4 Å². The van der Waals surface area contributed by atoms with E-state index in [-0.39, 0.29) is 0 Å². The third-order valence-corrected chi connectivity index (χ3v) is 6.29. The summed E-state index contributed by atoms with van der Waals surface area (Å²) in [6, 6.07) is 12.0. The van der Waals surface area contributed by atoms with Gasteiger partial charge in [0.05, 0.1) is 14.0 Å². The molecule has 3 aromatic heterocycles. The smallest absolute Gasteiger partial charge is 0.221 e. The summed E-state index contributed by atoms with van der Waals surface area (Å²) in [4.78, 5) is 4.59. The monoisotopic (exact) mass is 395 g/mol. The molecule has 0 saturated carbocycles. The minimum Gasteiger partial charge on any atom is -0.229 e. The normalized spacial score (nSPS) is 11.3. The van der Waals surface area contributed by atoms with E-state index in [9.17, 15) is 0 Å². The summed E-state index contributed by atoms with van der Waals surface area (Å²) >= 11 is 8.15. The van der Waals surface area contributed by atoms with Gasteiger partial charge in [-0.3, -0.25) is 0 Å². The molecule has 0 aliphatic heterocycles. The average Bonchev–Trinajstić information content (AvgIpc) is 3.17. The number of hydrogen-bond donors (Lipinski definition) is 0. The number of thiazole rings is 1. The molecule has 1 aromatic carbocycles. The van der Waals surface area contributed by atoms with E-state index in [4.69, 9.17) is 0 Å². The topological polar surface area (TPSA) is 56.5 Å². The number of rotatable bonds is 3. The highest BCUT2D eigenvalue weighted by Crippen LogP contribution is 2.35. The van der Waals surface area contributed by atoms with Crippen LogP contribution in [0, 0.1) is 0 Å². The van der Waals surface area contributed by atoms with Crippen LogP contribution in [0.25, 0.3) is 15.2 Å². The Bertz CT molecular complexity index is 879. The molecule has 3 heterocycles. The summed E-state index contributed by atoms with van der Waals surface area (Å²) in [5, 5.41) is 13.6. The van der Waals surface area contributed by atoms with Crippen molar-refractivity contribution in [2.24, 2.45) is 0 Å². The Morgan fingerprint density at radius 3 is 2.81 bits per heavy atom. The van der Waals surface area contributed by atoms with Gasteiger partial charge in [0.1, 0.15) is 5.00 Å². The van der Waals surface area contributed by atoms with Crippen molar-refractivity contribution in [3.8, 4) is 5.00 Å². The van der Waals surface area contributed by atoms with Crippen LogP contribution < -0.4 is 0 Å². The predicted octanol–water partition coefficient (Wildman–Crippen LogP) is 4.25. The van der Waals surface area contributed by atoms with Crippen LogP contribution in [0.2, 0.25) is 0 Å².